The maximum atomic E-state index is 11.1. The minimum Gasteiger partial charge on any atom is -0.498 e. The van der Waals surface area contributed by atoms with Crippen molar-refractivity contribution in [2.75, 3.05) is 6.61 Å². The smallest absolute Gasteiger partial charge is 0.330 e. The molecule has 1 rings (SSSR count). The van der Waals surface area contributed by atoms with Gasteiger partial charge in [0.05, 0.1) is 6.26 Å². The highest BCUT2D eigenvalue weighted by atomic mass is 16.6. The molecule has 0 saturated carbocycles. The molecule has 1 unspecified atom stereocenters. The number of ether oxygens (including phenoxy) is 2. The molecule has 3 heteroatoms. The highest BCUT2D eigenvalue weighted by Gasteiger charge is 2.15. The lowest BCUT2D eigenvalue weighted by Gasteiger charge is -2.16. The lowest BCUT2D eigenvalue weighted by atomic mass is 10.1. The molecule has 0 spiro atoms. The maximum absolute atomic E-state index is 11.1. The summed E-state index contributed by atoms with van der Waals surface area (Å²) in [5.41, 5.74) is 0.875. The number of hydrogen-bond acceptors (Lipinski definition) is 3. The van der Waals surface area contributed by atoms with Crippen molar-refractivity contribution in [2.45, 2.75) is 6.10 Å². The monoisotopic (exact) mass is 218 g/mol. The van der Waals surface area contributed by atoms with Crippen LogP contribution in [0.25, 0.3) is 0 Å². The van der Waals surface area contributed by atoms with Crippen molar-refractivity contribution in [3.05, 3.63) is 61.4 Å². The molecule has 0 aromatic heterocycles. The zero-order valence-corrected chi connectivity index (χ0v) is 8.96. The Morgan fingerprint density at radius 1 is 1.31 bits per heavy atom. The molecule has 16 heavy (non-hydrogen) atoms. The van der Waals surface area contributed by atoms with Gasteiger partial charge in [-0.15, -0.1) is 0 Å². The van der Waals surface area contributed by atoms with Gasteiger partial charge < -0.3 is 9.47 Å². The molecule has 1 aromatic rings. The van der Waals surface area contributed by atoms with Crippen LogP contribution in [0.5, 0.6) is 0 Å². The molecule has 0 aliphatic carbocycles. The van der Waals surface area contributed by atoms with E-state index < -0.39 is 12.1 Å². The first-order valence-corrected chi connectivity index (χ1v) is 4.88. The SMILES string of the molecule is C=COCC(OC(=O)C=C)c1ccccc1. The molecule has 0 radical (unpaired) electrons. The van der Waals surface area contributed by atoms with Gasteiger partial charge in [0.2, 0.25) is 0 Å². The van der Waals surface area contributed by atoms with E-state index in [-0.39, 0.29) is 6.61 Å². The van der Waals surface area contributed by atoms with Crippen LogP contribution in [0.15, 0.2) is 55.8 Å². The quantitative estimate of drug-likeness (QED) is 0.418. The summed E-state index contributed by atoms with van der Waals surface area (Å²) < 4.78 is 10.2. The normalized spacial score (nSPS) is 11.2. The molecule has 0 bridgehead atoms. The summed E-state index contributed by atoms with van der Waals surface area (Å²) in [5, 5.41) is 0. The van der Waals surface area contributed by atoms with Crippen LogP contribution in [0.4, 0.5) is 0 Å². The van der Waals surface area contributed by atoms with Crippen LogP contribution in [0.3, 0.4) is 0 Å². The van der Waals surface area contributed by atoms with E-state index in [4.69, 9.17) is 9.47 Å². The van der Waals surface area contributed by atoms with Crippen LogP contribution < -0.4 is 0 Å². The van der Waals surface area contributed by atoms with Crippen molar-refractivity contribution in [3.63, 3.8) is 0 Å². The maximum Gasteiger partial charge on any atom is 0.330 e. The molecular formula is C13H14O3. The third-order valence-corrected chi connectivity index (χ3v) is 1.96. The van der Waals surface area contributed by atoms with Gasteiger partial charge in [-0.05, 0) is 5.56 Å². The fourth-order valence-electron chi connectivity index (χ4n) is 1.21. The molecule has 0 saturated heterocycles. The molecule has 0 amide bonds. The van der Waals surface area contributed by atoms with Crippen molar-refractivity contribution in [3.8, 4) is 0 Å². The van der Waals surface area contributed by atoms with E-state index in [1.54, 1.807) is 0 Å². The van der Waals surface area contributed by atoms with E-state index in [0.717, 1.165) is 11.6 Å². The Balaban J connectivity index is 2.74. The van der Waals surface area contributed by atoms with E-state index >= 15 is 0 Å². The second-order valence-corrected chi connectivity index (χ2v) is 3.04. The van der Waals surface area contributed by atoms with Gasteiger partial charge in [0.1, 0.15) is 6.61 Å². The summed E-state index contributed by atoms with van der Waals surface area (Å²) in [6.07, 6.45) is 2.01. The van der Waals surface area contributed by atoms with Crippen molar-refractivity contribution < 1.29 is 14.3 Å². The van der Waals surface area contributed by atoms with Crippen molar-refractivity contribution in [1.29, 1.82) is 0 Å². The first-order chi connectivity index (χ1) is 7.77. The predicted octanol–water partition coefficient (Wildman–Crippen LogP) is 2.62. The van der Waals surface area contributed by atoms with E-state index in [0.29, 0.717) is 0 Å². The number of benzene rings is 1. The zero-order valence-electron chi connectivity index (χ0n) is 8.96. The summed E-state index contributed by atoms with van der Waals surface area (Å²) >= 11 is 0. The van der Waals surface area contributed by atoms with Crippen LogP contribution in [0.2, 0.25) is 0 Å². The first kappa shape index (κ1) is 12.0. The van der Waals surface area contributed by atoms with Gasteiger partial charge >= 0.3 is 5.97 Å². The Morgan fingerprint density at radius 3 is 2.56 bits per heavy atom. The standard InChI is InChI=1S/C13H14O3/c1-3-13(14)16-12(10-15-4-2)11-8-6-5-7-9-11/h3-9,12H,1-2,10H2. The largest absolute Gasteiger partial charge is 0.498 e. The molecule has 0 N–H and O–H groups in total. The van der Waals surface area contributed by atoms with E-state index in [1.807, 2.05) is 30.3 Å². The Morgan fingerprint density at radius 2 is 2.00 bits per heavy atom. The summed E-state index contributed by atoms with van der Waals surface area (Å²) in [4.78, 5) is 11.1. The number of carbonyl (C=O) groups excluding carboxylic acids is 1. The fourth-order valence-corrected chi connectivity index (χ4v) is 1.21. The van der Waals surface area contributed by atoms with Gasteiger partial charge in [-0.2, -0.15) is 0 Å². The lowest BCUT2D eigenvalue weighted by molar-refractivity contribution is -0.145. The second kappa shape index (κ2) is 6.45. The van der Waals surface area contributed by atoms with E-state index in [9.17, 15) is 4.79 Å². The molecule has 1 aromatic carbocycles. The van der Waals surface area contributed by atoms with Crippen molar-refractivity contribution >= 4 is 5.97 Å². The van der Waals surface area contributed by atoms with Gasteiger partial charge in [0.15, 0.2) is 6.10 Å². The van der Waals surface area contributed by atoms with Crippen LogP contribution in [0, 0.1) is 0 Å². The number of rotatable bonds is 6. The van der Waals surface area contributed by atoms with Crippen LogP contribution in [-0.4, -0.2) is 12.6 Å². The minimum atomic E-state index is -0.471. The van der Waals surface area contributed by atoms with Gasteiger partial charge in [0, 0.05) is 6.08 Å². The highest BCUT2D eigenvalue weighted by Crippen LogP contribution is 2.17. The van der Waals surface area contributed by atoms with Crippen LogP contribution in [0.1, 0.15) is 11.7 Å². The molecular weight excluding hydrogens is 204 g/mol. The van der Waals surface area contributed by atoms with Crippen LogP contribution in [-0.2, 0) is 14.3 Å². The van der Waals surface area contributed by atoms with Gasteiger partial charge in [0.25, 0.3) is 0 Å². The molecule has 0 heterocycles. The third kappa shape index (κ3) is 3.61. The summed E-state index contributed by atoms with van der Waals surface area (Å²) in [6, 6.07) is 9.38. The summed E-state index contributed by atoms with van der Waals surface area (Å²) in [6.45, 7) is 7.04. The molecule has 0 aliphatic rings. The fraction of sp³-hybridized carbons (Fsp3) is 0.154. The van der Waals surface area contributed by atoms with Crippen molar-refractivity contribution in [1.82, 2.24) is 0 Å². The number of carbonyl (C=O) groups is 1. The lowest BCUT2D eigenvalue weighted by Crippen LogP contribution is -2.13. The minimum absolute atomic E-state index is 0.243. The number of esters is 1. The first-order valence-electron chi connectivity index (χ1n) is 4.88. The average Bonchev–Trinajstić information content (AvgIpc) is 2.35. The Hall–Kier alpha value is -2.03. The molecule has 84 valence electrons. The Labute approximate surface area is 95.0 Å². The average molecular weight is 218 g/mol. The van der Waals surface area contributed by atoms with E-state index in [1.165, 1.54) is 6.26 Å². The van der Waals surface area contributed by atoms with Crippen LogP contribution >= 0.6 is 0 Å². The van der Waals surface area contributed by atoms with E-state index in [2.05, 4.69) is 13.2 Å². The van der Waals surface area contributed by atoms with Crippen molar-refractivity contribution in [2.24, 2.45) is 0 Å². The molecule has 3 nitrogen and oxygen atoms in total. The Bertz CT molecular complexity index is 357. The zero-order chi connectivity index (χ0) is 11.8. The van der Waals surface area contributed by atoms with Gasteiger partial charge in [-0.1, -0.05) is 43.5 Å². The third-order valence-electron chi connectivity index (χ3n) is 1.96. The van der Waals surface area contributed by atoms with Gasteiger partial charge in [-0.25, -0.2) is 4.79 Å². The van der Waals surface area contributed by atoms with Gasteiger partial charge in [-0.3, -0.25) is 0 Å². The second-order valence-electron chi connectivity index (χ2n) is 3.04. The number of hydrogen-bond donors (Lipinski definition) is 0. The predicted molar refractivity (Wildman–Crippen MR) is 61.6 cm³/mol. The summed E-state index contributed by atoms with van der Waals surface area (Å²) in [7, 11) is 0. The summed E-state index contributed by atoms with van der Waals surface area (Å²) in [5.74, 6) is -0.471. The molecule has 0 aliphatic heterocycles. The molecule has 1 atom stereocenters. The topological polar surface area (TPSA) is 35.5 Å². The highest BCUT2D eigenvalue weighted by molar-refractivity contribution is 5.81. The molecule has 0 fully saturated rings. The Kier molecular flexibility index (Phi) is 4.86.